The van der Waals surface area contributed by atoms with E-state index in [1.54, 1.807) is 68.4 Å². The van der Waals surface area contributed by atoms with Gasteiger partial charge in [-0.3, -0.25) is 13.9 Å². The van der Waals surface area contributed by atoms with E-state index in [4.69, 9.17) is 27.9 Å². The van der Waals surface area contributed by atoms with E-state index in [-0.39, 0.29) is 42.1 Å². The van der Waals surface area contributed by atoms with Crippen molar-refractivity contribution in [1.82, 2.24) is 10.2 Å². The number of nitrogens with zero attached hydrogens (tertiary/aromatic N) is 2. The van der Waals surface area contributed by atoms with Crippen LogP contribution in [0.15, 0.2) is 71.6 Å². The molecule has 232 valence electrons. The van der Waals surface area contributed by atoms with Crippen LogP contribution in [0.4, 0.5) is 5.69 Å². The van der Waals surface area contributed by atoms with Gasteiger partial charge in [0, 0.05) is 28.2 Å². The highest BCUT2D eigenvalue weighted by Gasteiger charge is 2.35. The Kier molecular flexibility index (Phi) is 12.3. The molecule has 8 nitrogen and oxygen atoms in total. The molecule has 3 rings (SSSR count). The average molecular weight is 649 g/mol. The number of carbonyl (C=O) groups excluding carboxylic acids is 2. The van der Waals surface area contributed by atoms with Gasteiger partial charge in [0.2, 0.25) is 11.8 Å². The minimum atomic E-state index is -4.25. The molecule has 0 aliphatic heterocycles. The van der Waals surface area contributed by atoms with Gasteiger partial charge in [0.05, 0.1) is 17.2 Å². The maximum atomic E-state index is 14.3. The highest BCUT2D eigenvalue weighted by Crippen LogP contribution is 2.33. The first-order valence-corrected chi connectivity index (χ1v) is 16.5. The van der Waals surface area contributed by atoms with E-state index in [1.807, 2.05) is 20.8 Å². The Labute approximate surface area is 265 Å². The molecule has 3 aromatic rings. The summed E-state index contributed by atoms with van der Waals surface area (Å²) in [6, 6.07) is 17.0. The molecule has 2 atom stereocenters. The van der Waals surface area contributed by atoms with Gasteiger partial charge < -0.3 is 15.0 Å². The summed E-state index contributed by atoms with van der Waals surface area (Å²) in [5.41, 5.74) is 1.54. The average Bonchev–Trinajstić information content (AvgIpc) is 2.97. The van der Waals surface area contributed by atoms with Crippen molar-refractivity contribution in [2.45, 2.75) is 71.0 Å². The zero-order chi connectivity index (χ0) is 31.7. The first-order valence-electron chi connectivity index (χ1n) is 14.3. The third-order valence-electron chi connectivity index (χ3n) is 7.10. The Hall–Kier alpha value is -3.27. The first-order chi connectivity index (χ1) is 20.4. The number of benzene rings is 3. The van der Waals surface area contributed by atoms with E-state index in [1.165, 1.54) is 17.0 Å². The van der Waals surface area contributed by atoms with Crippen LogP contribution in [0.25, 0.3) is 0 Å². The molecule has 0 fully saturated rings. The summed E-state index contributed by atoms with van der Waals surface area (Å²) in [6.07, 6.45) is 0.972. The molecule has 0 saturated carbocycles. The monoisotopic (exact) mass is 647 g/mol. The van der Waals surface area contributed by atoms with Crippen LogP contribution in [-0.4, -0.2) is 50.4 Å². The molecule has 0 unspecified atom stereocenters. The number of sulfonamides is 1. The largest absolute Gasteiger partial charge is 0.492 e. The Bertz CT molecular complexity index is 1500. The molecule has 3 aromatic carbocycles. The van der Waals surface area contributed by atoms with E-state index < -0.39 is 28.5 Å². The van der Waals surface area contributed by atoms with Crippen molar-refractivity contribution in [1.29, 1.82) is 0 Å². The summed E-state index contributed by atoms with van der Waals surface area (Å²) >= 11 is 13.0. The standard InChI is InChI=1S/C32H39Cl2N3O5S/c1-6-23(5)35-32(39)28(7-2)36(20-25-26(33)12-11-13-27(25)34)31(38)21-37(29-14-9-10-15-30(29)42-8-3)43(40,41)24-18-16-22(4)17-19-24/h9-19,23,28H,6-8,20-21H2,1-5H3,(H,35,39)/t23-,28+/m1/s1. The lowest BCUT2D eigenvalue weighted by molar-refractivity contribution is -0.140. The summed E-state index contributed by atoms with van der Waals surface area (Å²) in [7, 11) is -4.25. The lowest BCUT2D eigenvalue weighted by Crippen LogP contribution is -2.53. The van der Waals surface area contributed by atoms with Gasteiger partial charge in [0.25, 0.3) is 10.0 Å². The lowest BCUT2D eigenvalue weighted by Gasteiger charge is -2.34. The second-order valence-corrected chi connectivity index (χ2v) is 12.9. The molecule has 0 aromatic heterocycles. The van der Waals surface area contributed by atoms with Crippen LogP contribution in [0.1, 0.15) is 51.7 Å². The summed E-state index contributed by atoms with van der Waals surface area (Å²) in [6.45, 7) is 8.84. The fourth-order valence-electron chi connectivity index (χ4n) is 4.51. The summed E-state index contributed by atoms with van der Waals surface area (Å²) in [4.78, 5) is 29.2. The smallest absolute Gasteiger partial charge is 0.264 e. The summed E-state index contributed by atoms with van der Waals surface area (Å²) < 4.78 is 35.1. The molecule has 0 spiro atoms. The Morgan fingerprint density at radius 2 is 1.53 bits per heavy atom. The third kappa shape index (κ3) is 8.43. The molecular formula is C32H39Cl2N3O5S. The molecule has 11 heteroatoms. The number of rotatable bonds is 14. The molecule has 0 bridgehead atoms. The molecule has 0 saturated heterocycles. The fraction of sp³-hybridized carbons (Fsp3) is 0.375. The molecule has 43 heavy (non-hydrogen) atoms. The molecule has 0 aliphatic rings. The van der Waals surface area contributed by atoms with Gasteiger partial charge in [0.1, 0.15) is 18.3 Å². The van der Waals surface area contributed by atoms with Gasteiger partial charge in [-0.2, -0.15) is 0 Å². The second-order valence-electron chi connectivity index (χ2n) is 10.2. The number of anilines is 1. The van der Waals surface area contributed by atoms with Gasteiger partial charge in [-0.1, -0.05) is 72.9 Å². The maximum absolute atomic E-state index is 14.3. The van der Waals surface area contributed by atoms with E-state index in [0.717, 1.165) is 9.87 Å². The summed E-state index contributed by atoms with van der Waals surface area (Å²) in [5.74, 6) is -0.657. The molecular weight excluding hydrogens is 609 g/mol. The fourth-order valence-corrected chi connectivity index (χ4v) is 6.45. The number of ether oxygens (including phenoxy) is 1. The Balaban J connectivity index is 2.15. The first kappa shape index (κ1) is 34.2. The van der Waals surface area contributed by atoms with Gasteiger partial charge >= 0.3 is 0 Å². The normalized spacial score (nSPS) is 12.7. The predicted octanol–water partition coefficient (Wildman–Crippen LogP) is 6.62. The third-order valence-corrected chi connectivity index (χ3v) is 9.58. The van der Waals surface area contributed by atoms with Crippen molar-refractivity contribution in [2.75, 3.05) is 17.5 Å². The number of para-hydroxylation sites is 2. The Morgan fingerprint density at radius 3 is 2.12 bits per heavy atom. The van der Waals surface area contributed by atoms with Crippen LogP contribution < -0.4 is 14.4 Å². The van der Waals surface area contributed by atoms with Crippen molar-refractivity contribution >= 4 is 50.7 Å². The highest BCUT2D eigenvalue weighted by molar-refractivity contribution is 7.92. The minimum Gasteiger partial charge on any atom is -0.492 e. The number of carbonyl (C=O) groups is 2. The van der Waals surface area contributed by atoms with E-state index in [0.29, 0.717) is 27.8 Å². The molecule has 0 radical (unpaired) electrons. The molecule has 0 heterocycles. The van der Waals surface area contributed by atoms with Crippen molar-refractivity contribution in [2.24, 2.45) is 0 Å². The van der Waals surface area contributed by atoms with Crippen LogP contribution in [0, 0.1) is 6.92 Å². The van der Waals surface area contributed by atoms with E-state index in [2.05, 4.69) is 5.32 Å². The number of amides is 2. The van der Waals surface area contributed by atoms with Crippen molar-refractivity contribution in [3.8, 4) is 5.75 Å². The van der Waals surface area contributed by atoms with Crippen molar-refractivity contribution < 1.29 is 22.7 Å². The molecule has 2 amide bonds. The second kappa shape index (κ2) is 15.5. The van der Waals surface area contributed by atoms with E-state index in [9.17, 15) is 18.0 Å². The quantitative estimate of drug-likeness (QED) is 0.212. The zero-order valence-corrected chi connectivity index (χ0v) is 27.5. The van der Waals surface area contributed by atoms with Gasteiger partial charge in [-0.05, 0) is 70.0 Å². The topological polar surface area (TPSA) is 96.0 Å². The SMILES string of the molecule is CCOc1ccccc1N(CC(=O)N(Cc1c(Cl)cccc1Cl)[C@@H](CC)C(=O)N[C@H](C)CC)S(=O)(=O)c1ccc(C)cc1. The number of hydrogen-bond donors (Lipinski definition) is 1. The number of hydrogen-bond acceptors (Lipinski definition) is 5. The molecule has 0 aliphatic carbocycles. The van der Waals surface area contributed by atoms with Crippen LogP contribution in [0.5, 0.6) is 5.75 Å². The van der Waals surface area contributed by atoms with Gasteiger partial charge in [-0.15, -0.1) is 0 Å². The van der Waals surface area contributed by atoms with Gasteiger partial charge in [0.15, 0.2) is 0 Å². The van der Waals surface area contributed by atoms with Crippen LogP contribution in [0.2, 0.25) is 10.0 Å². The number of nitrogens with one attached hydrogen (secondary N) is 1. The van der Waals surface area contributed by atoms with Gasteiger partial charge in [-0.25, -0.2) is 8.42 Å². The number of aryl methyl sites for hydroxylation is 1. The minimum absolute atomic E-state index is 0.0134. The predicted molar refractivity (Wildman–Crippen MR) is 172 cm³/mol. The lowest BCUT2D eigenvalue weighted by atomic mass is 10.1. The van der Waals surface area contributed by atoms with Crippen molar-refractivity contribution in [3.63, 3.8) is 0 Å². The van der Waals surface area contributed by atoms with Crippen molar-refractivity contribution in [3.05, 3.63) is 87.9 Å². The maximum Gasteiger partial charge on any atom is 0.264 e. The van der Waals surface area contributed by atoms with E-state index >= 15 is 0 Å². The Morgan fingerprint density at radius 1 is 0.907 bits per heavy atom. The van der Waals surface area contributed by atoms with Crippen LogP contribution >= 0.6 is 23.2 Å². The molecule has 1 N–H and O–H groups in total. The highest BCUT2D eigenvalue weighted by atomic mass is 35.5. The summed E-state index contributed by atoms with van der Waals surface area (Å²) in [5, 5.41) is 3.61. The van der Waals surface area contributed by atoms with Crippen LogP contribution in [-0.2, 0) is 26.2 Å². The zero-order valence-electron chi connectivity index (χ0n) is 25.1. The van der Waals surface area contributed by atoms with Crippen LogP contribution in [0.3, 0.4) is 0 Å². The number of halogens is 2.